The molecular formula is C13H17F2N. The normalized spacial score (nSPS) is 22.1. The third-order valence-corrected chi connectivity index (χ3v) is 3.25. The van der Waals surface area contributed by atoms with E-state index in [-0.39, 0.29) is 5.56 Å². The van der Waals surface area contributed by atoms with E-state index in [1.165, 1.54) is 6.07 Å². The van der Waals surface area contributed by atoms with Crippen molar-refractivity contribution in [2.75, 3.05) is 6.54 Å². The maximum atomic E-state index is 14.2. The number of halogens is 2. The molecule has 1 aliphatic heterocycles. The Hall–Kier alpha value is -0.960. The molecule has 0 radical (unpaired) electrons. The first-order valence-electron chi connectivity index (χ1n) is 5.79. The van der Waals surface area contributed by atoms with Gasteiger partial charge < -0.3 is 5.32 Å². The van der Waals surface area contributed by atoms with Crippen LogP contribution in [0.15, 0.2) is 24.3 Å². The smallest absolute Gasteiger partial charge is 0.288 e. The van der Waals surface area contributed by atoms with Crippen molar-refractivity contribution in [3.8, 4) is 0 Å². The Bertz CT molecular complexity index is 357. The summed E-state index contributed by atoms with van der Waals surface area (Å²) in [4.78, 5) is 0. The van der Waals surface area contributed by atoms with Crippen molar-refractivity contribution in [2.24, 2.45) is 0 Å². The van der Waals surface area contributed by atoms with Gasteiger partial charge in [-0.05, 0) is 31.9 Å². The first-order valence-corrected chi connectivity index (χ1v) is 5.79. The summed E-state index contributed by atoms with van der Waals surface area (Å²) in [6.07, 6.45) is 2.45. The van der Waals surface area contributed by atoms with Crippen LogP contribution < -0.4 is 5.32 Å². The number of hydrogen-bond donors (Lipinski definition) is 1. The van der Waals surface area contributed by atoms with Gasteiger partial charge in [0.15, 0.2) is 0 Å². The molecular weight excluding hydrogens is 208 g/mol. The summed E-state index contributed by atoms with van der Waals surface area (Å²) in [6.45, 7) is 2.44. The number of alkyl halides is 2. The lowest BCUT2D eigenvalue weighted by Gasteiger charge is -2.32. The fourth-order valence-corrected chi connectivity index (χ4v) is 2.30. The van der Waals surface area contributed by atoms with Gasteiger partial charge >= 0.3 is 0 Å². The maximum Gasteiger partial charge on any atom is 0.288 e. The number of benzene rings is 1. The molecule has 1 aromatic carbocycles. The number of hydrogen-bond acceptors (Lipinski definition) is 1. The Labute approximate surface area is 94.9 Å². The minimum Gasteiger partial charge on any atom is -0.308 e. The zero-order valence-electron chi connectivity index (χ0n) is 9.47. The van der Waals surface area contributed by atoms with E-state index in [9.17, 15) is 8.78 Å². The molecule has 16 heavy (non-hydrogen) atoms. The topological polar surface area (TPSA) is 12.0 Å². The Morgan fingerprint density at radius 3 is 2.62 bits per heavy atom. The molecule has 0 bridgehead atoms. The molecule has 1 atom stereocenters. The van der Waals surface area contributed by atoms with E-state index in [0.717, 1.165) is 12.8 Å². The largest absolute Gasteiger partial charge is 0.308 e. The number of nitrogens with one attached hydrogen (secondary N) is 1. The van der Waals surface area contributed by atoms with Crippen LogP contribution in [-0.4, -0.2) is 12.6 Å². The third kappa shape index (κ3) is 2.09. The summed E-state index contributed by atoms with van der Waals surface area (Å²) in [6, 6.07) is 6.04. The summed E-state index contributed by atoms with van der Waals surface area (Å²) in [5.41, 5.74) is 0.828. The lowest BCUT2D eigenvalue weighted by atomic mass is 9.91. The van der Waals surface area contributed by atoms with Crippen LogP contribution >= 0.6 is 0 Å². The van der Waals surface area contributed by atoms with Crippen molar-refractivity contribution in [2.45, 2.75) is 38.2 Å². The SMILES string of the molecule is Cc1ccccc1C(F)(F)C1CCCCN1. The van der Waals surface area contributed by atoms with Crippen molar-refractivity contribution >= 4 is 0 Å². The zero-order chi connectivity index (χ0) is 11.6. The second-order valence-corrected chi connectivity index (χ2v) is 4.44. The molecule has 1 unspecified atom stereocenters. The fraction of sp³-hybridized carbons (Fsp3) is 0.538. The molecule has 1 aliphatic rings. The zero-order valence-corrected chi connectivity index (χ0v) is 9.47. The van der Waals surface area contributed by atoms with E-state index in [0.29, 0.717) is 18.5 Å². The summed E-state index contributed by atoms with van der Waals surface area (Å²) < 4.78 is 28.5. The van der Waals surface area contributed by atoms with Crippen LogP contribution in [0.3, 0.4) is 0 Å². The van der Waals surface area contributed by atoms with Crippen LogP contribution in [0.5, 0.6) is 0 Å². The first kappa shape index (κ1) is 11.5. The van der Waals surface area contributed by atoms with Gasteiger partial charge in [-0.15, -0.1) is 0 Å². The highest BCUT2D eigenvalue weighted by Gasteiger charge is 2.42. The molecule has 88 valence electrons. The van der Waals surface area contributed by atoms with Gasteiger partial charge in [0.1, 0.15) is 0 Å². The quantitative estimate of drug-likeness (QED) is 0.814. The third-order valence-electron chi connectivity index (χ3n) is 3.25. The average molecular weight is 225 g/mol. The van der Waals surface area contributed by atoms with E-state index in [1.54, 1.807) is 25.1 Å². The molecule has 1 N–H and O–H groups in total. The van der Waals surface area contributed by atoms with Gasteiger partial charge in [-0.25, -0.2) is 0 Å². The summed E-state index contributed by atoms with van der Waals surface area (Å²) in [5.74, 6) is -2.76. The molecule has 0 spiro atoms. The van der Waals surface area contributed by atoms with E-state index in [1.807, 2.05) is 0 Å². The van der Waals surface area contributed by atoms with Gasteiger partial charge in [-0.3, -0.25) is 0 Å². The van der Waals surface area contributed by atoms with Crippen molar-refractivity contribution in [3.05, 3.63) is 35.4 Å². The van der Waals surface area contributed by atoms with Crippen LogP contribution in [0, 0.1) is 6.92 Å². The molecule has 0 aromatic heterocycles. The van der Waals surface area contributed by atoms with E-state index < -0.39 is 12.0 Å². The molecule has 1 fully saturated rings. The minimum absolute atomic E-state index is 0.161. The van der Waals surface area contributed by atoms with Crippen LogP contribution in [-0.2, 0) is 5.92 Å². The number of piperidine rings is 1. The Morgan fingerprint density at radius 1 is 1.25 bits per heavy atom. The highest BCUT2D eigenvalue weighted by molar-refractivity contribution is 5.31. The lowest BCUT2D eigenvalue weighted by Crippen LogP contribution is -2.46. The summed E-state index contributed by atoms with van der Waals surface area (Å²) in [5, 5.41) is 2.94. The van der Waals surface area contributed by atoms with Gasteiger partial charge in [-0.2, -0.15) is 8.78 Å². The Morgan fingerprint density at radius 2 is 2.00 bits per heavy atom. The van der Waals surface area contributed by atoms with Gasteiger partial charge in [0.2, 0.25) is 0 Å². The van der Waals surface area contributed by atoms with E-state index in [4.69, 9.17) is 0 Å². The van der Waals surface area contributed by atoms with Gasteiger partial charge in [0.25, 0.3) is 5.92 Å². The molecule has 1 saturated heterocycles. The monoisotopic (exact) mass is 225 g/mol. The number of rotatable bonds is 2. The van der Waals surface area contributed by atoms with Crippen molar-refractivity contribution < 1.29 is 8.78 Å². The standard InChI is InChI=1S/C13H17F2N/c1-10-6-2-3-7-11(10)13(14,15)12-8-4-5-9-16-12/h2-3,6-7,12,16H,4-5,8-9H2,1H3. The van der Waals surface area contributed by atoms with Crippen LogP contribution in [0.4, 0.5) is 8.78 Å². The van der Waals surface area contributed by atoms with Crippen LogP contribution in [0.1, 0.15) is 30.4 Å². The second kappa shape index (κ2) is 4.50. The summed E-state index contributed by atoms with van der Waals surface area (Å²) >= 11 is 0. The Kier molecular flexibility index (Phi) is 3.24. The molecule has 1 nitrogen and oxygen atoms in total. The maximum absolute atomic E-state index is 14.2. The molecule has 0 saturated carbocycles. The lowest BCUT2D eigenvalue weighted by molar-refractivity contribution is -0.0517. The molecule has 0 amide bonds. The molecule has 1 heterocycles. The van der Waals surface area contributed by atoms with Crippen molar-refractivity contribution in [3.63, 3.8) is 0 Å². The second-order valence-electron chi connectivity index (χ2n) is 4.44. The Balaban J connectivity index is 2.26. The molecule has 2 rings (SSSR count). The van der Waals surface area contributed by atoms with Crippen molar-refractivity contribution in [1.82, 2.24) is 5.32 Å². The van der Waals surface area contributed by atoms with Gasteiger partial charge in [-0.1, -0.05) is 30.7 Å². The predicted molar refractivity (Wildman–Crippen MR) is 60.7 cm³/mol. The van der Waals surface area contributed by atoms with Crippen molar-refractivity contribution in [1.29, 1.82) is 0 Å². The fourth-order valence-electron chi connectivity index (χ4n) is 2.30. The molecule has 3 heteroatoms. The number of aryl methyl sites for hydroxylation is 1. The summed E-state index contributed by atoms with van der Waals surface area (Å²) in [7, 11) is 0. The minimum atomic E-state index is -2.76. The molecule has 0 aliphatic carbocycles. The van der Waals surface area contributed by atoms with Crippen LogP contribution in [0.2, 0.25) is 0 Å². The first-order chi connectivity index (χ1) is 7.62. The van der Waals surface area contributed by atoms with E-state index >= 15 is 0 Å². The predicted octanol–water partition coefficient (Wildman–Crippen LogP) is 3.23. The highest BCUT2D eigenvalue weighted by Crippen LogP contribution is 2.36. The van der Waals surface area contributed by atoms with E-state index in [2.05, 4.69) is 5.32 Å². The van der Waals surface area contributed by atoms with Gasteiger partial charge in [0.05, 0.1) is 6.04 Å². The average Bonchev–Trinajstić information content (AvgIpc) is 2.30. The molecule has 1 aromatic rings. The highest BCUT2D eigenvalue weighted by atomic mass is 19.3. The van der Waals surface area contributed by atoms with Crippen LogP contribution in [0.25, 0.3) is 0 Å². The van der Waals surface area contributed by atoms with Gasteiger partial charge in [0, 0.05) is 5.56 Å².